The molecule has 2 aromatic rings. The molecule has 0 aliphatic rings. The van der Waals surface area contributed by atoms with Gasteiger partial charge in [0.15, 0.2) is 0 Å². The predicted octanol–water partition coefficient (Wildman–Crippen LogP) is 2.80. The van der Waals surface area contributed by atoms with E-state index in [0.29, 0.717) is 12.1 Å². The van der Waals surface area contributed by atoms with Gasteiger partial charge in [0.05, 0.1) is 24.4 Å². The number of hydrogen-bond donors (Lipinski definition) is 0. The molecule has 1 amide bonds. The van der Waals surface area contributed by atoms with E-state index < -0.39 is 0 Å². The summed E-state index contributed by atoms with van der Waals surface area (Å²) in [6, 6.07) is 3.36. The first-order chi connectivity index (χ1) is 7.68. The Hall–Kier alpha value is -1.68. The van der Waals surface area contributed by atoms with Gasteiger partial charge in [0.2, 0.25) is 5.22 Å². The van der Waals surface area contributed by atoms with Crippen LogP contribution in [0.2, 0.25) is 5.22 Å². The highest BCUT2D eigenvalue weighted by Gasteiger charge is 2.17. The largest absolute Gasteiger partial charge is 0.472 e. The first-order valence-electron chi connectivity index (χ1n) is 4.68. The summed E-state index contributed by atoms with van der Waals surface area (Å²) in [4.78, 5) is 13.4. The van der Waals surface area contributed by atoms with E-state index in [1.807, 2.05) is 0 Å². The van der Waals surface area contributed by atoms with E-state index in [1.54, 1.807) is 36.6 Å². The number of nitrogens with zero attached hydrogens (tertiary/aromatic N) is 1. The molecule has 0 radical (unpaired) electrons. The summed E-state index contributed by atoms with van der Waals surface area (Å²) in [6.45, 7) is 0.469. The Labute approximate surface area is 97.4 Å². The lowest BCUT2D eigenvalue weighted by molar-refractivity contribution is 0.0784. The second-order valence-electron chi connectivity index (χ2n) is 3.40. The van der Waals surface area contributed by atoms with Crippen molar-refractivity contribution < 1.29 is 13.6 Å². The Kier molecular flexibility index (Phi) is 3.01. The Morgan fingerprint density at radius 1 is 1.44 bits per heavy atom. The van der Waals surface area contributed by atoms with Crippen LogP contribution in [0, 0.1) is 0 Å². The van der Waals surface area contributed by atoms with Crippen molar-refractivity contribution >= 4 is 17.5 Å². The van der Waals surface area contributed by atoms with Crippen molar-refractivity contribution in [1.82, 2.24) is 4.90 Å². The van der Waals surface area contributed by atoms with Crippen LogP contribution in [0.25, 0.3) is 0 Å². The number of rotatable bonds is 3. The third kappa shape index (κ3) is 2.12. The van der Waals surface area contributed by atoms with Crippen molar-refractivity contribution in [1.29, 1.82) is 0 Å². The molecule has 0 aromatic carbocycles. The monoisotopic (exact) mass is 239 g/mol. The topological polar surface area (TPSA) is 46.6 Å². The third-order valence-electron chi connectivity index (χ3n) is 2.19. The predicted molar refractivity (Wildman–Crippen MR) is 58.2 cm³/mol. The van der Waals surface area contributed by atoms with Crippen LogP contribution in [0.5, 0.6) is 0 Å². The molecule has 0 saturated heterocycles. The van der Waals surface area contributed by atoms with Crippen molar-refractivity contribution in [2.75, 3.05) is 7.05 Å². The van der Waals surface area contributed by atoms with Gasteiger partial charge >= 0.3 is 0 Å². The standard InChI is InChI=1S/C11H10ClNO3/c1-13(6-8-2-4-15-7-8)11(14)9-3-5-16-10(9)12/h2-5,7H,6H2,1H3. The first-order valence-corrected chi connectivity index (χ1v) is 5.06. The van der Waals surface area contributed by atoms with Crippen LogP contribution in [0.15, 0.2) is 39.8 Å². The zero-order valence-electron chi connectivity index (χ0n) is 8.64. The van der Waals surface area contributed by atoms with Gasteiger partial charge < -0.3 is 13.7 Å². The summed E-state index contributed by atoms with van der Waals surface area (Å²) < 4.78 is 9.80. The summed E-state index contributed by atoms with van der Waals surface area (Å²) in [5, 5.41) is 0.115. The molecular formula is C11H10ClNO3. The maximum absolute atomic E-state index is 11.9. The highest BCUT2D eigenvalue weighted by atomic mass is 35.5. The van der Waals surface area contributed by atoms with Crippen molar-refractivity contribution in [3.05, 3.63) is 47.3 Å². The summed E-state index contributed by atoms with van der Waals surface area (Å²) in [6.07, 6.45) is 4.56. The van der Waals surface area contributed by atoms with Crippen LogP contribution in [0.1, 0.15) is 15.9 Å². The van der Waals surface area contributed by atoms with Gasteiger partial charge in [-0.05, 0) is 23.7 Å². The molecule has 16 heavy (non-hydrogen) atoms. The average Bonchev–Trinajstić information content (AvgIpc) is 2.88. The van der Waals surface area contributed by atoms with Crippen LogP contribution >= 0.6 is 11.6 Å². The van der Waals surface area contributed by atoms with E-state index in [2.05, 4.69) is 0 Å². The molecule has 0 aliphatic carbocycles. The van der Waals surface area contributed by atoms with E-state index in [0.717, 1.165) is 5.56 Å². The van der Waals surface area contributed by atoms with Crippen LogP contribution in [0.4, 0.5) is 0 Å². The second kappa shape index (κ2) is 4.45. The minimum atomic E-state index is -0.181. The van der Waals surface area contributed by atoms with Crippen LogP contribution in [-0.4, -0.2) is 17.9 Å². The Balaban J connectivity index is 2.08. The van der Waals surface area contributed by atoms with Gasteiger partial charge in [-0.15, -0.1) is 0 Å². The first kappa shape index (κ1) is 10.8. The van der Waals surface area contributed by atoms with Crippen molar-refractivity contribution in [3.63, 3.8) is 0 Å². The number of amides is 1. The molecular weight excluding hydrogens is 230 g/mol. The van der Waals surface area contributed by atoms with Gasteiger partial charge in [-0.2, -0.15) is 0 Å². The SMILES string of the molecule is CN(Cc1ccoc1)C(=O)c1ccoc1Cl. The Morgan fingerprint density at radius 3 is 2.81 bits per heavy atom. The van der Waals surface area contributed by atoms with E-state index in [9.17, 15) is 4.79 Å². The molecule has 5 heteroatoms. The lowest BCUT2D eigenvalue weighted by atomic mass is 10.2. The highest BCUT2D eigenvalue weighted by molar-refractivity contribution is 6.32. The van der Waals surface area contributed by atoms with Crippen LogP contribution in [-0.2, 0) is 6.54 Å². The third-order valence-corrected chi connectivity index (χ3v) is 2.49. The maximum atomic E-state index is 11.9. The lowest BCUT2D eigenvalue weighted by Crippen LogP contribution is -2.25. The fourth-order valence-corrected chi connectivity index (χ4v) is 1.58. The van der Waals surface area contributed by atoms with Crippen molar-refractivity contribution in [3.8, 4) is 0 Å². The van der Waals surface area contributed by atoms with E-state index >= 15 is 0 Å². The molecule has 0 unspecified atom stereocenters. The van der Waals surface area contributed by atoms with E-state index in [1.165, 1.54) is 6.26 Å². The van der Waals surface area contributed by atoms with Crippen molar-refractivity contribution in [2.45, 2.75) is 6.54 Å². The molecule has 2 rings (SSSR count). The van der Waals surface area contributed by atoms with Gasteiger partial charge in [0.1, 0.15) is 0 Å². The van der Waals surface area contributed by atoms with E-state index in [-0.39, 0.29) is 11.1 Å². The molecule has 0 fully saturated rings. The summed E-state index contributed by atoms with van der Waals surface area (Å²) >= 11 is 5.73. The average molecular weight is 240 g/mol. The Bertz CT molecular complexity index is 475. The minimum Gasteiger partial charge on any atom is -0.472 e. The minimum absolute atomic E-state index is 0.115. The number of hydrogen-bond acceptors (Lipinski definition) is 3. The molecule has 0 aliphatic heterocycles. The normalized spacial score (nSPS) is 10.4. The van der Waals surface area contributed by atoms with Gasteiger partial charge in [0.25, 0.3) is 5.91 Å². The quantitative estimate of drug-likeness (QED) is 0.827. The van der Waals surface area contributed by atoms with Crippen LogP contribution in [0.3, 0.4) is 0 Å². The molecule has 0 spiro atoms. The molecule has 4 nitrogen and oxygen atoms in total. The van der Waals surface area contributed by atoms with Crippen LogP contribution < -0.4 is 0 Å². The zero-order valence-corrected chi connectivity index (χ0v) is 9.40. The fourth-order valence-electron chi connectivity index (χ4n) is 1.38. The number of halogens is 1. The Morgan fingerprint density at radius 2 is 2.25 bits per heavy atom. The lowest BCUT2D eigenvalue weighted by Gasteiger charge is -2.15. The molecule has 0 saturated carbocycles. The maximum Gasteiger partial charge on any atom is 0.258 e. The molecule has 0 N–H and O–H groups in total. The molecule has 2 aromatic heterocycles. The molecule has 2 heterocycles. The number of carbonyl (C=O) groups excluding carboxylic acids is 1. The highest BCUT2D eigenvalue weighted by Crippen LogP contribution is 2.19. The van der Waals surface area contributed by atoms with Crippen molar-refractivity contribution in [2.24, 2.45) is 0 Å². The summed E-state index contributed by atoms with van der Waals surface area (Å²) in [5.74, 6) is -0.181. The number of carbonyl (C=O) groups is 1. The van der Waals surface area contributed by atoms with Gasteiger partial charge in [-0.1, -0.05) is 0 Å². The van der Waals surface area contributed by atoms with Gasteiger partial charge in [-0.3, -0.25) is 4.79 Å². The summed E-state index contributed by atoms with van der Waals surface area (Å²) in [5.41, 5.74) is 1.29. The summed E-state index contributed by atoms with van der Waals surface area (Å²) in [7, 11) is 1.69. The van der Waals surface area contributed by atoms with Gasteiger partial charge in [0, 0.05) is 19.2 Å². The molecule has 0 bridgehead atoms. The second-order valence-corrected chi connectivity index (χ2v) is 3.74. The number of furan rings is 2. The van der Waals surface area contributed by atoms with Gasteiger partial charge in [-0.25, -0.2) is 0 Å². The smallest absolute Gasteiger partial charge is 0.258 e. The zero-order chi connectivity index (χ0) is 11.5. The fraction of sp³-hybridized carbons (Fsp3) is 0.182. The van der Waals surface area contributed by atoms with E-state index in [4.69, 9.17) is 20.4 Å². The molecule has 84 valence electrons. The molecule has 0 atom stereocenters.